The van der Waals surface area contributed by atoms with Gasteiger partial charge in [-0.1, -0.05) is 15.9 Å². The van der Waals surface area contributed by atoms with Gasteiger partial charge in [-0.25, -0.2) is 0 Å². The summed E-state index contributed by atoms with van der Waals surface area (Å²) in [6.45, 7) is 2.53. The van der Waals surface area contributed by atoms with Crippen LogP contribution in [0.1, 0.15) is 6.92 Å². The molecule has 0 rings (SSSR count). The summed E-state index contributed by atoms with van der Waals surface area (Å²) in [6, 6.07) is 0. The number of hydrogen-bond acceptors (Lipinski definition) is 1. The van der Waals surface area contributed by atoms with Crippen LogP contribution in [0.15, 0.2) is 0 Å². The quantitative estimate of drug-likeness (QED) is 0.614. The van der Waals surface area contributed by atoms with E-state index in [9.17, 15) is 0 Å². The van der Waals surface area contributed by atoms with E-state index in [1.165, 1.54) is 0 Å². The lowest BCUT2D eigenvalue weighted by Crippen LogP contribution is -2.00. The fourth-order valence-electron chi connectivity index (χ4n) is 0.207. The van der Waals surface area contributed by atoms with Crippen LogP contribution in [0.25, 0.3) is 0 Å². The van der Waals surface area contributed by atoms with E-state index in [1.54, 1.807) is 0 Å². The first-order valence-corrected chi connectivity index (χ1v) is 3.54. The van der Waals surface area contributed by atoms with Gasteiger partial charge in [-0.15, -0.1) is 11.6 Å². The highest BCUT2D eigenvalue weighted by molar-refractivity contribution is 9.09. The van der Waals surface area contributed by atoms with Gasteiger partial charge in [0, 0.05) is 5.88 Å². The molecule has 1 nitrogen and oxygen atoms in total. The minimum absolute atomic E-state index is 0.131. The van der Waals surface area contributed by atoms with Gasteiger partial charge in [0.2, 0.25) is 0 Å². The molecule has 0 fully saturated rings. The highest BCUT2D eigenvalue weighted by Gasteiger charge is 1.89. The Morgan fingerprint density at radius 1 is 1.86 bits per heavy atom. The first-order chi connectivity index (χ1) is 3.27. The maximum Gasteiger partial charge on any atom is 0.109 e. The lowest BCUT2D eigenvalue weighted by atomic mass is 10.8. The molecule has 0 N–H and O–H groups in total. The van der Waals surface area contributed by atoms with Gasteiger partial charge in [0.25, 0.3) is 0 Å². The maximum atomic E-state index is 5.30. The summed E-state index contributed by atoms with van der Waals surface area (Å²) in [5.41, 5.74) is 0. The number of ether oxygens (including phenoxy) is 1. The summed E-state index contributed by atoms with van der Waals surface area (Å²) in [7, 11) is 0. The zero-order valence-electron chi connectivity index (χ0n) is 4.16. The first-order valence-electron chi connectivity index (χ1n) is 2.09. The van der Waals surface area contributed by atoms with Crippen molar-refractivity contribution in [1.82, 2.24) is 0 Å². The summed E-state index contributed by atoms with van der Waals surface area (Å²) in [5, 5.41) is 0.131. The van der Waals surface area contributed by atoms with E-state index in [2.05, 4.69) is 15.9 Å². The molecule has 7 heavy (non-hydrogen) atoms. The molecule has 3 heteroatoms. The van der Waals surface area contributed by atoms with E-state index < -0.39 is 0 Å². The van der Waals surface area contributed by atoms with Crippen molar-refractivity contribution in [2.75, 3.05) is 12.5 Å². The van der Waals surface area contributed by atoms with Gasteiger partial charge in [0.1, 0.15) is 5.01 Å². The zero-order valence-corrected chi connectivity index (χ0v) is 6.50. The van der Waals surface area contributed by atoms with Crippen molar-refractivity contribution in [1.29, 1.82) is 0 Å². The topological polar surface area (TPSA) is 9.23 Å². The third kappa shape index (κ3) is 6.73. The second-order valence-electron chi connectivity index (χ2n) is 1.10. The molecule has 44 valence electrons. The number of halogens is 2. The molecule has 0 aliphatic rings. The van der Waals surface area contributed by atoms with Crippen molar-refractivity contribution >= 4 is 27.5 Å². The average molecular weight is 187 g/mol. The predicted octanol–water partition coefficient (Wildman–Crippen LogP) is 1.98. The van der Waals surface area contributed by atoms with Crippen molar-refractivity contribution in [2.45, 2.75) is 11.9 Å². The monoisotopic (exact) mass is 186 g/mol. The molecule has 0 aromatic carbocycles. The molecule has 0 amide bonds. The van der Waals surface area contributed by atoms with Gasteiger partial charge < -0.3 is 4.74 Å². The van der Waals surface area contributed by atoms with Gasteiger partial charge in [-0.3, -0.25) is 0 Å². The second-order valence-corrected chi connectivity index (χ2v) is 2.77. The fraction of sp³-hybridized carbons (Fsp3) is 1.00. The molecule has 1 unspecified atom stereocenters. The van der Waals surface area contributed by atoms with Crippen LogP contribution in [-0.2, 0) is 4.74 Å². The Labute approximate surface area is 57.1 Å². The van der Waals surface area contributed by atoms with Crippen molar-refractivity contribution in [3.8, 4) is 0 Å². The molecule has 0 saturated heterocycles. The minimum atomic E-state index is 0.131. The van der Waals surface area contributed by atoms with Crippen LogP contribution >= 0.6 is 27.5 Å². The van der Waals surface area contributed by atoms with E-state index in [0.717, 1.165) is 0 Å². The van der Waals surface area contributed by atoms with Crippen LogP contribution in [0.2, 0.25) is 0 Å². The second kappa shape index (κ2) is 4.88. The molecule has 0 saturated carbocycles. The molecular weight excluding hydrogens is 179 g/mol. The Kier molecular flexibility index (Phi) is 5.39. The van der Waals surface area contributed by atoms with Crippen LogP contribution in [-0.4, -0.2) is 17.5 Å². The molecular formula is C4H8BrClO. The summed E-state index contributed by atoms with van der Waals surface area (Å²) in [5.74, 6) is 0.565. The molecule has 0 spiro atoms. The van der Waals surface area contributed by atoms with Crippen molar-refractivity contribution in [3.63, 3.8) is 0 Å². The van der Waals surface area contributed by atoms with E-state index in [0.29, 0.717) is 12.5 Å². The molecule has 0 radical (unpaired) electrons. The SMILES string of the molecule is CC(Br)OCCCl. The fourth-order valence-corrected chi connectivity index (χ4v) is 0.483. The Balaban J connectivity index is 2.68. The Morgan fingerprint density at radius 3 is 2.57 bits per heavy atom. The summed E-state index contributed by atoms with van der Waals surface area (Å²) >= 11 is 8.49. The van der Waals surface area contributed by atoms with Gasteiger partial charge >= 0.3 is 0 Å². The van der Waals surface area contributed by atoms with Crippen molar-refractivity contribution in [2.24, 2.45) is 0 Å². The highest BCUT2D eigenvalue weighted by Crippen LogP contribution is 1.97. The Hall–Kier alpha value is 0.730. The molecule has 0 bridgehead atoms. The van der Waals surface area contributed by atoms with Crippen molar-refractivity contribution in [3.05, 3.63) is 0 Å². The van der Waals surface area contributed by atoms with Crippen LogP contribution in [0.5, 0.6) is 0 Å². The van der Waals surface area contributed by atoms with E-state index >= 15 is 0 Å². The standard InChI is InChI=1S/C4H8BrClO/c1-4(5)7-3-2-6/h4H,2-3H2,1H3. The van der Waals surface area contributed by atoms with Gasteiger partial charge in [0.05, 0.1) is 6.61 Å². The average Bonchev–Trinajstić information content (AvgIpc) is 1.61. The van der Waals surface area contributed by atoms with Gasteiger partial charge in [-0.2, -0.15) is 0 Å². The Morgan fingerprint density at radius 2 is 2.43 bits per heavy atom. The molecule has 0 aromatic heterocycles. The van der Waals surface area contributed by atoms with Gasteiger partial charge in [0.15, 0.2) is 0 Å². The van der Waals surface area contributed by atoms with Crippen LogP contribution < -0.4 is 0 Å². The van der Waals surface area contributed by atoms with E-state index in [4.69, 9.17) is 16.3 Å². The largest absolute Gasteiger partial charge is 0.366 e. The number of rotatable bonds is 3. The Bertz CT molecular complexity index is 40.7. The van der Waals surface area contributed by atoms with Gasteiger partial charge in [-0.05, 0) is 6.92 Å². The summed E-state index contributed by atoms with van der Waals surface area (Å²) < 4.78 is 4.98. The smallest absolute Gasteiger partial charge is 0.109 e. The zero-order chi connectivity index (χ0) is 5.70. The first kappa shape index (κ1) is 7.73. The number of hydrogen-bond donors (Lipinski definition) is 0. The van der Waals surface area contributed by atoms with Crippen LogP contribution in [0.3, 0.4) is 0 Å². The van der Waals surface area contributed by atoms with Crippen molar-refractivity contribution < 1.29 is 4.74 Å². The molecule has 0 aliphatic carbocycles. The third-order valence-electron chi connectivity index (χ3n) is 0.425. The van der Waals surface area contributed by atoms with Crippen LogP contribution in [0, 0.1) is 0 Å². The molecule has 1 atom stereocenters. The van der Waals surface area contributed by atoms with Crippen LogP contribution in [0.4, 0.5) is 0 Å². The molecule has 0 aliphatic heterocycles. The summed E-state index contributed by atoms with van der Waals surface area (Å²) in [4.78, 5) is 0. The molecule has 0 heterocycles. The maximum absolute atomic E-state index is 5.30. The summed E-state index contributed by atoms with van der Waals surface area (Å²) in [6.07, 6.45) is 0. The van der Waals surface area contributed by atoms with E-state index in [1.807, 2.05) is 6.92 Å². The highest BCUT2D eigenvalue weighted by atomic mass is 79.9. The normalized spacial score (nSPS) is 14.1. The lowest BCUT2D eigenvalue weighted by Gasteiger charge is -2.00. The number of alkyl halides is 2. The lowest BCUT2D eigenvalue weighted by molar-refractivity contribution is 0.143. The van der Waals surface area contributed by atoms with E-state index in [-0.39, 0.29) is 5.01 Å². The minimum Gasteiger partial charge on any atom is -0.366 e. The molecule has 0 aromatic rings. The third-order valence-corrected chi connectivity index (χ3v) is 0.843. The predicted molar refractivity (Wildman–Crippen MR) is 35.1 cm³/mol.